The molecule has 82 valence electrons. The maximum absolute atomic E-state index is 11.6. The van der Waals surface area contributed by atoms with E-state index in [0.717, 1.165) is 11.3 Å². The number of hydrogen-bond donors (Lipinski definition) is 0. The normalized spacial score (nSPS) is 14.4. The van der Waals surface area contributed by atoms with Crippen molar-refractivity contribution in [2.45, 2.75) is 33.1 Å². The van der Waals surface area contributed by atoms with Crippen molar-refractivity contribution in [1.29, 1.82) is 0 Å². The van der Waals surface area contributed by atoms with Crippen LogP contribution < -0.4 is 0 Å². The van der Waals surface area contributed by atoms with Gasteiger partial charge in [0.25, 0.3) is 0 Å². The van der Waals surface area contributed by atoms with Gasteiger partial charge in [-0.05, 0) is 13.8 Å². The van der Waals surface area contributed by atoms with Crippen molar-refractivity contribution in [1.82, 2.24) is 9.78 Å². The molecule has 0 bridgehead atoms. The zero-order chi connectivity index (χ0) is 11.0. The summed E-state index contributed by atoms with van der Waals surface area (Å²) in [5.74, 6) is -0.344. The summed E-state index contributed by atoms with van der Waals surface area (Å²) in [6.45, 7) is 4.90. The van der Waals surface area contributed by atoms with Gasteiger partial charge in [0.15, 0.2) is 5.69 Å². The lowest BCUT2D eigenvalue weighted by Crippen LogP contribution is -2.15. The molecule has 5 heteroatoms. The second-order valence-corrected chi connectivity index (χ2v) is 3.80. The first kappa shape index (κ1) is 10.2. The van der Waals surface area contributed by atoms with Gasteiger partial charge in [-0.15, -0.1) is 0 Å². The Hall–Kier alpha value is -1.36. The number of esters is 1. The zero-order valence-corrected chi connectivity index (χ0v) is 9.11. The monoisotopic (exact) mass is 210 g/mol. The third-order valence-electron chi connectivity index (χ3n) is 2.44. The molecule has 0 atom stereocenters. The Morgan fingerprint density at radius 2 is 2.27 bits per heavy atom. The number of carbonyl (C=O) groups excluding carboxylic acids is 1. The highest BCUT2D eigenvalue weighted by Gasteiger charge is 2.28. The highest BCUT2D eigenvalue weighted by Crippen LogP contribution is 2.25. The summed E-state index contributed by atoms with van der Waals surface area (Å²) in [6.07, 6.45) is 0. The molecule has 1 aromatic rings. The van der Waals surface area contributed by atoms with Crippen molar-refractivity contribution < 1.29 is 14.3 Å². The average molecular weight is 210 g/mol. The molecule has 0 fully saturated rings. The van der Waals surface area contributed by atoms with E-state index >= 15 is 0 Å². The fourth-order valence-electron chi connectivity index (χ4n) is 1.72. The summed E-state index contributed by atoms with van der Waals surface area (Å²) in [5, 5.41) is 4.35. The van der Waals surface area contributed by atoms with Crippen molar-refractivity contribution in [3.8, 4) is 0 Å². The summed E-state index contributed by atoms with van der Waals surface area (Å²) < 4.78 is 11.7. The maximum Gasteiger partial charge on any atom is 0.356 e. The van der Waals surface area contributed by atoms with Gasteiger partial charge in [-0.3, -0.25) is 4.68 Å². The Morgan fingerprint density at radius 1 is 1.53 bits per heavy atom. The predicted molar refractivity (Wildman–Crippen MR) is 52.4 cm³/mol. The number of ether oxygens (including phenoxy) is 2. The molecule has 0 unspecified atom stereocenters. The Morgan fingerprint density at radius 3 is 2.87 bits per heavy atom. The predicted octanol–water partition coefficient (Wildman–Crippen LogP) is 1.28. The van der Waals surface area contributed by atoms with E-state index in [4.69, 9.17) is 9.47 Å². The molecule has 0 aliphatic carbocycles. The number of fused-ring (bicyclic) bond motifs is 1. The van der Waals surface area contributed by atoms with Crippen LogP contribution in [-0.4, -0.2) is 22.9 Å². The lowest BCUT2D eigenvalue weighted by molar-refractivity contribution is 0.0576. The van der Waals surface area contributed by atoms with E-state index in [2.05, 4.69) is 5.10 Å². The molecule has 5 nitrogen and oxygen atoms in total. The van der Waals surface area contributed by atoms with E-state index in [0.29, 0.717) is 18.9 Å². The van der Waals surface area contributed by atoms with Gasteiger partial charge in [0, 0.05) is 11.6 Å². The van der Waals surface area contributed by atoms with Gasteiger partial charge in [-0.25, -0.2) is 4.79 Å². The van der Waals surface area contributed by atoms with E-state index < -0.39 is 0 Å². The topological polar surface area (TPSA) is 53.3 Å². The minimum atomic E-state index is -0.344. The average Bonchev–Trinajstić information content (AvgIpc) is 2.74. The Kier molecular flexibility index (Phi) is 2.48. The molecule has 0 saturated carbocycles. The van der Waals surface area contributed by atoms with Crippen LogP contribution in [0.1, 0.15) is 41.6 Å². The Balaban J connectivity index is 2.52. The smallest absolute Gasteiger partial charge is 0.356 e. The molecule has 2 rings (SSSR count). The number of hydrogen-bond acceptors (Lipinski definition) is 4. The van der Waals surface area contributed by atoms with Crippen LogP contribution in [0, 0.1) is 0 Å². The molecule has 15 heavy (non-hydrogen) atoms. The van der Waals surface area contributed by atoms with E-state index in [-0.39, 0.29) is 12.0 Å². The summed E-state index contributed by atoms with van der Waals surface area (Å²) in [4.78, 5) is 11.6. The first-order chi connectivity index (χ1) is 7.15. The van der Waals surface area contributed by atoms with Crippen LogP contribution >= 0.6 is 0 Å². The summed E-state index contributed by atoms with van der Waals surface area (Å²) in [5.41, 5.74) is 2.25. The fraction of sp³-hybridized carbons (Fsp3) is 0.600. The van der Waals surface area contributed by atoms with Crippen LogP contribution in [0.5, 0.6) is 0 Å². The number of nitrogens with zero attached hydrogens (tertiary/aromatic N) is 2. The van der Waals surface area contributed by atoms with Crippen molar-refractivity contribution in [2.75, 3.05) is 7.11 Å². The molecule has 0 radical (unpaired) electrons. The van der Waals surface area contributed by atoms with Crippen molar-refractivity contribution >= 4 is 5.97 Å². The van der Waals surface area contributed by atoms with Gasteiger partial charge in [-0.2, -0.15) is 5.10 Å². The van der Waals surface area contributed by atoms with Gasteiger partial charge >= 0.3 is 5.97 Å². The third-order valence-corrected chi connectivity index (χ3v) is 2.44. The number of carbonyl (C=O) groups is 1. The third kappa shape index (κ3) is 1.52. The van der Waals surface area contributed by atoms with Crippen molar-refractivity contribution in [3.63, 3.8) is 0 Å². The molecule has 1 aliphatic heterocycles. The zero-order valence-electron chi connectivity index (χ0n) is 9.11. The highest BCUT2D eigenvalue weighted by molar-refractivity contribution is 5.89. The fourth-order valence-corrected chi connectivity index (χ4v) is 1.72. The Labute approximate surface area is 88.0 Å². The second kappa shape index (κ2) is 3.66. The number of methoxy groups -OCH3 is 1. The summed E-state index contributed by atoms with van der Waals surface area (Å²) in [7, 11) is 1.38. The van der Waals surface area contributed by atoms with E-state index in [1.165, 1.54) is 7.11 Å². The second-order valence-electron chi connectivity index (χ2n) is 3.80. The van der Waals surface area contributed by atoms with Crippen LogP contribution in [-0.2, 0) is 22.7 Å². The standard InChI is InChI=1S/C10H14N2O3/c1-6(2)12-9(10(13)14-3)7-4-15-5-8(7)11-12/h6H,4-5H2,1-3H3. The van der Waals surface area contributed by atoms with Crippen LogP contribution in [0.15, 0.2) is 0 Å². The first-order valence-corrected chi connectivity index (χ1v) is 4.91. The highest BCUT2D eigenvalue weighted by atomic mass is 16.5. The summed E-state index contributed by atoms with van der Waals surface area (Å²) >= 11 is 0. The van der Waals surface area contributed by atoms with Gasteiger partial charge in [0.05, 0.1) is 26.0 Å². The van der Waals surface area contributed by atoms with E-state index in [1.807, 2.05) is 13.8 Å². The molecule has 0 aromatic carbocycles. The van der Waals surface area contributed by atoms with Gasteiger partial charge in [0.2, 0.25) is 0 Å². The van der Waals surface area contributed by atoms with Gasteiger partial charge in [-0.1, -0.05) is 0 Å². The van der Waals surface area contributed by atoms with Crippen LogP contribution in [0.25, 0.3) is 0 Å². The van der Waals surface area contributed by atoms with Crippen LogP contribution in [0.3, 0.4) is 0 Å². The molecule has 1 aromatic heterocycles. The molecule has 0 N–H and O–H groups in total. The van der Waals surface area contributed by atoms with E-state index in [1.54, 1.807) is 4.68 Å². The van der Waals surface area contributed by atoms with Gasteiger partial charge in [0.1, 0.15) is 0 Å². The summed E-state index contributed by atoms with van der Waals surface area (Å²) in [6, 6.07) is 0.143. The SMILES string of the molecule is COC(=O)c1c2c(nn1C(C)C)COC2. The lowest BCUT2D eigenvalue weighted by atomic mass is 10.2. The quantitative estimate of drug-likeness (QED) is 0.690. The van der Waals surface area contributed by atoms with Crippen LogP contribution in [0.2, 0.25) is 0 Å². The molecule has 2 heterocycles. The lowest BCUT2D eigenvalue weighted by Gasteiger charge is -2.10. The molecule has 0 spiro atoms. The number of rotatable bonds is 2. The molecule has 0 saturated heterocycles. The molecule has 1 aliphatic rings. The maximum atomic E-state index is 11.6. The molecular weight excluding hydrogens is 196 g/mol. The van der Waals surface area contributed by atoms with Gasteiger partial charge < -0.3 is 9.47 Å². The van der Waals surface area contributed by atoms with E-state index in [9.17, 15) is 4.79 Å². The number of aromatic nitrogens is 2. The first-order valence-electron chi connectivity index (χ1n) is 4.91. The van der Waals surface area contributed by atoms with Crippen LogP contribution in [0.4, 0.5) is 0 Å². The molecule has 0 amide bonds. The Bertz CT molecular complexity index is 396. The minimum absolute atomic E-state index is 0.143. The minimum Gasteiger partial charge on any atom is -0.464 e. The van der Waals surface area contributed by atoms with Crippen molar-refractivity contribution in [2.24, 2.45) is 0 Å². The largest absolute Gasteiger partial charge is 0.464 e. The molecular formula is C10H14N2O3. The van der Waals surface area contributed by atoms with Crippen molar-refractivity contribution in [3.05, 3.63) is 17.0 Å².